The van der Waals surface area contributed by atoms with Crippen molar-refractivity contribution in [1.82, 2.24) is 0 Å². The van der Waals surface area contributed by atoms with Crippen molar-refractivity contribution < 1.29 is 55.6 Å². The van der Waals surface area contributed by atoms with Crippen molar-refractivity contribution in [3.05, 3.63) is 12.2 Å². The molecule has 3 aliphatic carbocycles. The quantitative estimate of drug-likeness (QED) is 0.345. The number of carbonyl (C=O) groups is 2. The van der Waals surface area contributed by atoms with E-state index in [2.05, 4.69) is 11.3 Å². The van der Waals surface area contributed by atoms with E-state index in [1.165, 1.54) is 6.92 Å². The second-order valence-electron chi connectivity index (χ2n) is 10.8. The van der Waals surface area contributed by atoms with E-state index >= 15 is 8.78 Å². The van der Waals surface area contributed by atoms with Gasteiger partial charge in [-0.05, 0) is 33.1 Å². The average Bonchev–Trinajstić information content (AvgIpc) is 3.51. The van der Waals surface area contributed by atoms with Crippen LogP contribution in [0.15, 0.2) is 12.2 Å². The fraction of sp³-hybridized carbons (Fsp3) is 0.826. The summed E-state index contributed by atoms with van der Waals surface area (Å²) in [6.45, 7) is 4.60. The molecule has 5 aliphatic rings. The smallest absolute Gasteiger partial charge is 0.449 e. The molecule has 5 fully saturated rings. The molecule has 0 aromatic heterocycles. The first-order valence-electron chi connectivity index (χ1n) is 11.7. The molecule has 2 heterocycles. The van der Waals surface area contributed by atoms with E-state index < -0.39 is 77.6 Å². The number of esters is 2. The van der Waals surface area contributed by atoms with Crippen molar-refractivity contribution in [2.75, 3.05) is 6.61 Å². The number of alkyl halides is 5. The molecule has 0 radical (unpaired) electrons. The van der Waals surface area contributed by atoms with Crippen LogP contribution in [-0.2, 0) is 28.5 Å². The highest BCUT2D eigenvalue weighted by Gasteiger charge is 2.83. The van der Waals surface area contributed by atoms with Crippen molar-refractivity contribution >= 4 is 11.9 Å². The molecule has 5 rings (SSSR count). The van der Waals surface area contributed by atoms with Gasteiger partial charge < -0.3 is 24.1 Å². The molecule has 7 nitrogen and oxygen atoms in total. The lowest BCUT2D eigenvalue weighted by Crippen LogP contribution is -2.65. The SMILES string of the molecule is C=C(C)C(=O)OC1C2CC3C1OC(=O)C3C2C1(OC2(C)COC(O)(C(F)(F)F)C2(F)F)CCCC1. The van der Waals surface area contributed by atoms with Gasteiger partial charge in [-0.25, -0.2) is 4.79 Å². The zero-order valence-electron chi connectivity index (χ0n) is 19.2. The Labute approximate surface area is 197 Å². The molecule has 2 bridgehead atoms. The van der Waals surface area contributed by atoms with E-state index in [1.54, 1.807) is 0 Å². The summed E-state index contributed by atoms with van der Waals surface area (Å²) in [7, 11) is 0. The number of ether oxygens (including phenoxy) is 4. The van der Waals surface area contributed by atoms with Gasteiger partial charge in [0.1, 0.15) is 12.2 Å². The number of aliphatic hydroxyl groups is 1. The Morgan fingerprint density at radius 3 is 2.37 bits per heavy atom. The summed E-state index contributed by atoms with van der Waals surface area (Å²) in [5.41, 5.74) is -4.10. The Balaban J connectivity index is 1.51. The Morgan fingerprint density at radius 2 is 1.83 bits per heavy atom. The van der Waals surface area contributed by atoms with Crippen LogP contribution in [0.1, 0.15) is 46.0 Å². The number of carbonyl (C=O) groups excluding carboxylic acids is 2. The van der Waals surface area contributed by atoms with Crippen molar-refractivity contribution in [2.45, 2.75) is 87.2 Å². The summed E-state index contributed by atoms with van der Waals surface area (Å²) in [5, 5.41) is 9.84. The van der Waals surface area contributed by atoms with Crippen LogP contribution < -0.4 is 0 Å². The summed E-state index contributed by atoms with van der Waals surface area (Å²) in [6.07, 6.45) is -5.32. The van der Waals surface area contributed by atoms with E-state index in [1.807, 2.05) is 0 Å². The van der Waals surface area contributed by atoms with Crippen LogP contribution in [0.3, 0.4) is 0 Å². The number of hydrogen-bond donors (Lipinski definition) is 1. The van der Waals surface area contributed by atoms with Gasteiger partial charge in [0.2, 0.25) is 0 Å². The second-order valence-corrected chi connectivity index (χ2v) is 10.8. The van der Waals surface area contributed by atoms with Gasteiger partial charge in [0, 0.05) is 23.3 Å². The first kappa shape index (κ1) is 24.9. The topological polar surface area (TPSA) is 91.3 Å². The molecule has 8 unspecified atom stereocenters. The Bertz CT molecular complexity index is 960. The van der Waals surface area contributed by atoms with Gasteiger partial charge in [0.15, 0.2) is 5.60 Å². The lowest BCUT2D eigenvalue weighted by Gasteiger charge is -2.48. The van der Waals surface area contributed by atoms with Crippen molar-refractivity contribution in [2.24, 2.45) is 23.7 Å². The minimum absolute atomic E-state index is 0.138. The molecule has 0 amide bonds. The third-order valence-electron chi connectivity index (χ3n) is 8.65. The summed E-state index contributed by atoms with van der Waals surface area (Å²) in [5.74, 6) is -13.0. The van der Waals surface area contributed by atoms with E-state index in [0.29, 0.717) is 19.3 Å². The summed E-state index contributed by atoms with van der Waals surface area (Å²) < 4.78 is 92.1. The van der Waals surface area contributed by atoms with Crippen LogP contribution in [0.2, 0.25) is 0 Å². The lowest BCUT2D eigenvalue weighted by atomic mass is 9.68. The second kappa shape index (κ2) is 7.38. The molecule has 0 aromatic rings. The van der Waals surface area contributed by atoms with E-state index in [4.69, 9.17) is 14.2 Å². The Morgan fingerprint density at radius 1 is 1.20 bits per heavy atom. The standard InChI is InChI=1S/C23H27F5O7/c1-10(2)17(29)33-16-12-8-11-13(18(30)34-15(11)16)14(12)20(6-4-5-7-20)35-19(3)9-32-22(31,21(19,24)25)23(26,27)28/h11-16,31H,1,4-9H2,2-3H3. The predicted octanol–water partition coefficient (Wildman–Crippen LogP) is 3.29. The maximum absolute atomic E-state index is 15.2. The first-order chi connectivity index (χ1) is 16.1. The number of fused-ring (bicyclic) bond motifs is 1. The summed E-state index contributed by atoms with van der Waals surface area (Å²) >= 11 is 0. The molecule has 3 saturated carbocycles. The van der Waals surface area contributed by atoms with Gasteiger partial charge in [-0.2, -0.15) is 22.0 Å². The van der Waals surface area contributed by atoms with Crippen LogP contribution in [0.4, 0.5) is 22.0 Å². The molecule has 12 heteroatoms. The van der Waals surface area contributed by atoms with Crippen molar-refractivity contribution in [3.63, 3.8) is 0 Å². The maximum atomic E-state index is 15.2. The van der Waals surface area contributed by atoms with Crippen LogP contribution >= 0.6 is 0 Å². The van der Waals surface area contributed by atoms with Crippen LogP contribution in [-0.4, -0.2) is 64.9 Å². The maximum Gasteiger partial charge on any atom is 0.449 e. The molecule has 2 aliphatic heterocycles. The monoisotopic (exact) mass is 510 g/mol. The molecular formula is C23H27F5O7. The van der Waals surface area contributed by atoms with Gasteiger partial charge in [0.05, 0.1) is 18.1 Å². The molecule has 2 saturated heterocycles. The fourth-order valence-corrected chi connectivity index (χ4v) is 7.15. The highest BCUT2D eigenvalue weighted by Crippen LogP contribution is 2.66. The molecule has 0 spiro atoms. The van der Waals surface area contributed by atoms with Gasteiger partial charge in [-0.1, -0.05) is 19.4 Å². The number of hydrogen-bond acceptors (Lipinski definition) is 7. The average molecular weight is 510 g/mol. The van der Waals surface area contributed by atoms with Gasteiger partial charge in [-0.15, -0.1) is 0 Å². The minimum Gasteiger partial charge on any atom is -0.458 e. The Hall–Kier alpha value is -1.79. The molecule has 35 heavy (non-hydrogen) atoms. The molecule has 0 aromatic carbocycles. The van der Waals surface area contributed by atoms with Gasteiger partial charge >= 0.3 is 29.8 Å². The summed E-state index contributed by atoms with van der Waals surface area (Å²) in [6, 6.07) is 0. The number of halogens is 5. The Kier molecular flexibility index (Phi) is 5.25. The van der Waals surface area contributed by atoms with Crippen LogP contribution in [0.5, 0.6) is 0 Å². The number of rotatable bonds is 5. The minimum atomic E-state index is -5.77. The summed E-state index contributed by atoms with van der Waals surface area (Å²) in [4.78, 5) is 25.1. The molecule has 196 valence electrons. The normalized spacial score (nSPS) is 45.1. The lowest BCUT2D eigenvalue weighted by molar-refractivity contribution is -0.413. The van der Waals surface area contributed by atoms with Gasteiger partial charge in [-0.3, -0.25) is 4.79 Å². The zero-order valence-corrected chi connectivity index (χ0v) is 19.2. The third-order valence-corrected chi connectivity index (χ3v) is 8.65. The largest absolute Gasteiger partial charge is 0.458 e. The first-order valence-corrected chi connectivity index (χ1v) is 11.7. The molecule has 8 atom stereocenters. The zero-order chi connectivity index (χ0) is 25.8. The van der Waals surface area contributed by atoms with E-state index in [0.717, 1.165) is 6.92 Å². The van der Waals surface area contributed by atoms with Crippen LogP contribution in [0.25, 0.3) is 0 Å². The van der Waals surface area contributed by atoms with E-state index in [-0.39, 0.29) is 24.3 Å². The van der Waals surface area contributed by atoms with Crippen LogP contribution in [0, 0.1) is 23.7 Å². The highest BCUT2D eigenvalue weighted by molar-refractivity contribution is 5.87. The van der Waals surface area contributed by atoms with Crippen molar-refractivity contribution in [3.8, 4) is 0 Å². The van der Waals surface area contributed by atoms with E-state index in [9.17, 15) is 27.9 Å². The van der Waals surface area contributed by atoms with Crippen molar-refractivity contribution in [1.29, 1.82) is 0 Å². The molecular weight excluding hydrogens is 483 g/mol. The fourth-order valence-electron chi connectivity index (χ4n) is 7.15. The highest BCUT2D eigenvalue weighted by atomic mass is 19.4. The third kappa shape index (κ3) is 3.11. The molecule has 1 N–H and O–H groups in total. The predicted molar refractivity (Wildman–Crippen MR) is 106 cm³/mol. The van der Waals surface area contributed by atoms with Gasteiger partial charge in [0.25, 0.3) is 0 Å².